The van der Waals surface area contributed by atoms with Crippen LogP contribution in [0.15, 0.2) is 91.0 Å². The number of amides is 4. The lowest BCUT2D eigenvalue weighted by Crippen LogP contribution is -2.41. The first-order chi connectivity index (χ1) is 22.9. The van der Waals surface area contributed by atoms with Gasteiger partial charge in [0.25, 0.3) is 0 Å². The highest BCUT2D eigenvalue weighted by atomic mass is 16.6. The van der Waals surface area contributed by atoms with Gasteiger partial charge in [0.1, 0.15) is 5.60 Å². The number of nitrogens with zero attached hydrogens (tertiary/aromatic N) is 2. The maximum atomic E-state index is 13.7. The number of aryl methyl sites for hydroxylation is 1. The van der Waals surface area contributed by atoms with Crippen LogP contribution in [0, 0.1) is 6.92 Å². The fourth-order valence-corrected chi connectivity index (χ4v) is 5.66. The molecule has 4 aromatic carbocycles. The van der Waals surface area contributed by atoms with Crippen LogP contribution in [0.25, 0.3) is 10.8 Å². The Morgan fingerprint density at radius 2 is 1.40 bits per heavy atom. The molecular formula is C40H50N4O4. The SMILES string of the molecule is CC(=O)NCCCCN(Cc1ccc(CN(Cc2cccc(C)c2)C(=O)OC(C)(C)C)cc1)C(=O)N[C@@H](C)c1cccc2ccccc12. The van der Waals surface area contributed by atoms with Crippen LogP contribution in [0.4, 0.5) is 9.59 Å². The molecule has 254 valence electrons. The van der Waals surface area contributed by atoms with E-state index >= 15 is 0 Å². The van der Waals surface area contributed by atoms with Crippen molar-refractivity contribution in [2.45, 2.75) is 85.7 Å². The molecule has 8 nitrogen and oxygen atoms in total. The summed E-state index contributed by atoms with van der Waals surface area (Å²) < 4.78 is 5.75. The molecule has 0 saturated heterocycles. The van der Waals surface area contributed by atoms with Gasteiger partial charge in [0.2, 0.25) is 5.91 Å². The molecule has 0 radical (unpaired) electrons. The Morgan fingerprint density at radius 1 is 0.771 bits per heavy atom. The van der Waals surface area contributed by atoms with Gasteiger partial charge in [-0.05, 0) is 80.5 Å². The predicted octanol–water partition coefficient (Wildman–Crippen LogP) is 8.27. The zero-order chi connectivity index (χ0) is 34.7. The van der Waals surface area contributed by atoms with Crippen LogP contribution in [0.2, 0.25) is 0 Å². The standard InChI is InChI=1S/C40H50N4O4/c1-29-13-11-14-34(25-29)28-44(39(47)48-40(4,5)6)27-33-21-19-32(20-22-33)26-43(24-10-9-23-41-31(3)45)38(46)42-30(2)36-18-12-16-35-15-7-8-17-37(35)36/h7-8,11-22,25,30H,9-10,23-24,26-28H2,1-6H3,(H,41,45)(H,42,46)/t30-/m0/s1. The number of benzene rings is 4. The first-order valence-electron chi connectivity index (χ1n) is 16.8. The zero-order valence-corrected chi connectivity index (χ0v) is 29.2. The zero-order valence-electron chi connectivity index (χ0n) is 29.2. The molecule has 4 rings (SSSR count). The van der Waals surface area contributed by atoms with Crippen molar-refractivity contribution in [2.75, 3.05) is 13.1 Å². The van der Waals surface area contributed by atoms with Crippen LogP contribution in [0.3, 0.4) is 0 Å². The Bertz CT molecular complexity index is 1670. The number of carbonyl (C=O) groups is 3. The van der Waals surface area contributed by atoms with Gasteiger partial charge in [0.15, 0.2) is 0 Å². The van der Waals surface area contributed by atoms with Gasteiger partial charge in [-0.2, -0.15) is 0 Å². The monoisotopic (exact) mass is 650 g/mol. The number of nitrogens with one attached hydrogen (secondary N) is 2. The number of carbonyl (C=O) groups excluding carboxylic acids is 3. The van der Waals surface area contributed by atoms with E-state index in [0.29, 0.717) is 32.7 Å². The van der Waals surface area contributed by atoms with E-state index in [4.69, 9.17) is 4.74 Å². The van der Waals surface area contributed by atoms with Crippen LogP contribution in [-0.2, 0) is 29.2 Å². The van der Waals surface area contributed by atoms with Crippen LogP contribution in [0.5, 0.6) is 0 Å². The van der Waals surface area contributed by atoms with Crippen molar-refractivity contribution in [3.63, 3.8) is 0 Å². The van der Waals surface area contributed by atoms with Crippen molar-refractivity contribution in [3.8, 4) is 0 Å². The van der Waals surface area contributed by atoms with Crippen molar-refractivity contribution in [3.05, 3.63) is 119 Å². The summed E-state index contributed by atoms with van der Waals surface area (Å²) in [6.07, 6.45) is 1.15. The van der Waals surface area contributed by atoms with Crippen LogP contribution < -0.4 is 10.6 Å². The Labute approximate surface area is 285 Å². The molecule has 0 bridgehead atoms. The molecule has 0 aliphatic heterocycles. The molecule has 0 aromatic heterocycles. The minimum Gasteiger partial charge on any atom is -0.444 e. The molecular weight excluding hydrogens is 600 g/mol. The molecule has 8 heteroatoms. The van der Waals surface area contributed by atoms with Gasteiger partial charge in [-0.15, -0.1) is 0 Å². The van der Waals surface area contributed by atoms with Crippen molar-refractivity contribution in [2.24, 2.45) is 0 Å². The highest BCUT2D eigenvalue weighted by molar-refractivity contribution is 5.86. The number of hydrogen-bond acceptors (Lipinski definition) is 4. The molecule has 4 amide bonds. The largest absolute Gasteiger partial charge is 0.444 e. The minimum absolute atomic E-state index is 0.0577. The number of urea groups is 1. The third-order valence-electron chi connectivity index (χ3n) is 8.02. The van der Waals surface area contributed by atoms with Crippen molar-refractivity contribution < 1.29 is 19.1 Å². The molecule has 0 spiro atoms. The summed E-state index contributed by atoms with van der Waals surface area (Å²) >= 11 is 0. The highest BCUT2D eigenvalue weighted by Crippen LogP contribution is 2.25. The second-order valence-electron chi connectivity index (χ2n) is 13.5. The minimum atomic E-state index is -0.608. The topological polar surface area (TPSA) is 91.0 Å². The summed E-state index contributed by atoms with van der Waals surface area (Å²) in [5.74, 6) is -0.0577. The summed E-state index contributed by atoms with van der Waals surface area (Å²) in [5, 5.41) is 8.31. The maximum Gasteiger partial charge on any atom is 0.410 e. The summed E-state index contributed by atoms with van der Waals surface area (Å²) in [6, 6.07) is 30.2. The average Bonchev–Trinajstić information content (AvgIpc) is 3.03. The fraction of sp³-hybridized carbons (Fsp3) is 0.375. The second-order valence-corrected chi connectivity index (χ2v) is 13.5. The number of rotatable bonds is 13. The number of fused-ring (bicyclic) bond motifs is 1. The van der Waals surface area contributed by atoms with Crippen LogP contribution in [0.1, 0.15) is 81.3 Å². The van der Waals surface area contributed by atoms with Gasteiger partial charge in [0.05, 0.1) is 6.04 Å². The molecule has 0 saturated carbocycles. The molecule has 0 aliphatic carbocycles. The van der Waals surface area contributed by atoms with E-state index in [1.54, 1.807) is 4.90 Å². The summed E-state index contributed by atoms with van der Waals surface area (Å²) in [7, 11) is 0. The van der Waals surface area contributed by atoms with Crippen molar-refractivity contribution >= 4 is 28.8 Å². The van der Waals surface area contributed by atoms with E-state index in [2.05, 4.69) is 41.0 Å². The molecule has 2 N–H and O–H groups in total. The molecule has 0 aliphatic rings. The van der Waals surface area contributed by atoms with Gasteiger partial charge < -0.3 is 20.3 Å². The van der Waals surface area contributed by atoms with E-state index in [1.807, 2.05) is 100 Å². The Morgan fingerprint density at radius 3 is 2.06 bits per heavy atom. The normalized spacial score (nSPS) is 11.9. The molecule has 4 aromatic rings. The third kappa shape index (κ3) is 11.1. The van der Waals surface area contributed by atoms with E-state index in [9.17, 15) is 14.4 Å². The van der Waals surface area contributed by atoms with E-state index in [1.165, 1.54) is 6.92 Å². The van der Waals surface area contributed by atoms with Crippen molar-refractivity contribution in [1.82, 2.24) is 20.4 Å². The Kier molecular flexibility index (Phi) is 12.6. The Hall–Kier alpha value is -4.85. The van der Waals surface area contributed by atoms with E-state index in [0.717, 1.165) is 51.4 Å². The van der Waals surface area contributed by atoms with E-state index in [-0.39, 0.29) is 24.1 Å². The predicted molar refractivity (Wildman–Crippen MR) is 192 cm³/mol. The molecule has 0 fully saturated rings. The van der Waals surface area contributed by atoms with Gasteiger partial charge in [-0.1, -0.05) is 96.6 Å². The van der Waals surface area contributed by atoms with Gasteiger partial charge in [-0.3, -0.25) is 9.69 Å². The fourth-order valence-electron chi connectivity index (χ4n) is 5.66. The lowest BCUT2D eigenvalue weighted by atomic mass is 10.00. The molecule has 0 heterocycles. The number of unbranched alkanes of at least 4 members (excludes halogenated alkanes) is 1. The van der Waals surface area contributed by atoms with Gasteiger partial charge in [0, 0.05) is 39.6 Å². The Balaban J connectivity index is 1.47. The summed E-state index contributed by atoms with van der Waals surface area (Å²) in [5.41, 5.74) is 4.58. The molecule has 0 unspecified atom stereocenters. The highest BCUT2D eigenvalue weighted by Gasteiger charge is 2.23. The second kappa shape index (κ2) is 16.8. The lowest BCUT2D eigenvalue weighted by Gasteiger charge is -2.28. The smallest absolute Gasteiger partial charge is 0.410 e. The van der Waals surface area contributed by atoms with Crippen LogP contribution in [-0.4, -0.2) is 46.5 Å². The molecule has 1 atom stereocenters. The summed E-state index contributed by atoms with van der Waals surface area (Å²) in [6.45, 7) is 13.5. The first kappa shape index (κ1) is 36.0. The van der Waals surface area contributed by atoms with Gasteiger partial charge >= 0.3 is 12.1 Å². The first-order valence-corrected chi connectivity index (χ1v) is 16.8. The van der Waals surface area contributed by atoms with Gasteiger partial charge in [-0.25, -0.2) is 9.59 Å². The number of ether oxygens (including phenoxy) is 1. The quantitative estimate of drug-likeness (QED) is 0.143. The molecule has 48 heavy (non-hydrogen) atoms. The lowest BCUT2D eigenvalue weighted by molar-refractivity contribution is -0.118. The third-order valence-corrected chi connectivity index (χ3v) is 8.02. The maximum absolute atomic E-state index is 13.7. The van der Waals surface area contributed by atoms with Crippen LogP contribution >= 0.6 is 0 Å². The summed E-state index contributed by atoms with van der Waals surface area (Å²) in [4.78, 5) is 41.8. The van der Waals surface area contributed by atoms with E-state index < -0.39 is 5.60 Å². The van der Waals surface area contributed by atoms with Crippen molar-refractivity contribution in [1.29, 1.82) is 0 Å². The number of hydrogen-bond donors (Lipinski definition) is 2. The average molecular weight is 651 g/mol.